The van der Waals surface area contributed by atoms with Crippen molar-refractivity contribution in [1.82, 2.24) is 20.1 Å². The van der Waals surface area contributed by atoms with Crippen LogP contribution in [0.4, 0.5) is 0 Å². The quantitative estimate of drug-likeness (QED) is 0.527. The second-order valence-corrected chi connectivity index (χ2v) is 8.99. The smallest absolute Gasteiger partial charge is 0.257 e. The van der Waals surface area contributed by atoms with E-state index < -0.39 is 0 Å². The van der Waals surface area contributed by atoms with Crippen LogP contribution in [0.1, 0.15) is 27.0 Å². The van der Waals surface area contributed by atoms with Crippen LogP contribution < -0.4 is 10.1 Å². The monoisotopic (exact) mass is 504 g/mol. The third kappa shape index (κ3) is 8.70. The van der Waals surface area contributed by atoms with E-state index in [1.807, 2.05) is 69.4 Å². The van der Waals surface area contributed by atoms with E-state index in [1.165, 1.54) is 5.56 Å². The molecule has 4 rings (SSSR count). The molecule has 0 bridgehead atoms. The minimum atomic E-state index is -0.380. The number of nitrogens with zero attached hydrogens (tertiary/aromatic N) is 3. The predicted octanol–water partition coefficient (Wildman–Crippen LogP) is 3.83. The first-order chi connectivity index (χ1) is 17.9. The largest absolute Gasteiger partial charge is 0.438 e. The van der Waals surface area contributed by atoms with E-state index in [0.29, 0.717) is 31.0 Å². The number of rotatable bonds is 7. The van der Waals surface area contributed by atoms with Crippen LogP contribution in [0.3, 0.4) is 0 Å². The number of pyridine rings is 1. The molecule has 0 spiro atoms. The number of ether oxygens (including phenoxy) is 2. The van der Waals surface area contributed by atoms with Gasteiger partial charge in [-0.25, -0.2) is 4.98 Å². The molecule has 0 atom stereocenters. The summed E-state index contributed by atoms with van der Waals surface area (Å²) in [4.78, 5) is 33.1. The molecule has 1 fully saturated rings. The van der Waals surface area contributed by atoms with Gasteiger partial charge in [-0.15, -0.1) is 0 Å². The minimum Gasteiger partial charge on any atom is -0.438 e. The Labute approximate surface area is 219 Å². The molecule has 2 aromatic carbocycles. The average Bonchev–Trinajstić information content (AvgIpc) is 2.91. The number of benzene rings is 2. The Kier molecular flexibility index (Phi) is 10.6. The van der Waals surface area contributed by atoms with E-state index in [9.17, 15) is 9.59 Å². The van der Waals surface area contributed by atoms with Crippen LogP contribution in [-0.2, 0) is 16.1 Å². The van der Waals surface area contributed by atoms with E-state index >= 15 is 0 Å². The highest BCUT2D eigenvalue weighted by Crippen LogP contribution is 2.24. The van der Waals surface area contributed by atoms with Crippen molar-refractivity contribution in [2.75, 3.05) is 46.9 Å². The van der Waals surface area contributed by atoms with Crippen LogP contribution in [-0.4, -0.2) is 73.5 Å². The molecule has 0 radical (unpaired) electrons. The fraction of sp³-hybridized carbons (Fsp3) is 0.345. The van der Waals surface area contributed by atoms with Gasteiger partial charge in [-0.3, -0.25) is 9.59 Å². The molecule has 37 heavy (non-hydrogen) atoms. The summed E-state index contributed by atoms with van der Waals surface area (Å²) in [5.74, 6) is 0.371. The van der Waals surface area contributed by atoms with Gasteiger partial charge in [0.05, 0.1) is 13.2 Å². The van der Waals surface area contributed by atoms with Gasteiger partial charge < -0.3 is 24.6 Å². The van der Waals surface area contributed by atoms with Crippen molar-refractivity contribution in [2.24, 2.45) is 0 Å². The van der Waals surface area contributed by atoms with Gasteiger partial charge in [0.1, 0.15) is 11.3 Å². The second-order valence-electron chi connectivity index (χ2n) is 8.99. The molecule has 0 unspecified atom stereocenters. The lowest BCUT2D eigenvalue weighted by molar-refractivity contribution is -0.131. The maximum absolute atomic E-state index is 12.6. The highest BCUT2D eigenvalue weighted by atomic mass is 16.5. The number of nitrogens with one attached hydrogen (secondary N) is 1. The molecule has 1 saturated heterocycles. The van der Waals surface area contributed by atoms with Crippen molar-refractivity contribution in [2.45, 2.75) is 20.5 Å². The highest BCUT2D eigenvalue weighted by Gasteiger charge is 2.21. The van der Waals surface area contributed by atoms with Gasteiger partial charge >= 0.3 is 0 Å². The van der Waals surface area contributed by atoms with Crippen molar-refractivity contribution >= 4 is 11.8 Å². The molecule has 2 heterocycles. The van der Waals surface area contributed by atoms with Crippen molar-refractivity contribution < 1.29 is 19.1 Å². The number of piperazine rings is 1. The molecule has 8 heteroatoms. The molecule has 196 valence electrons. The second kappa shape index (κ2) is 14.1. The van der Waals surface area contributed by atoms with Crippen LogP contribution >= 0.6 is 0 Å². The van der Waals surface area contributed by atoms with E-state index in [4.69, 9.17) is 9.47 Å². The summed E-state index contributed by atoms with van der Waals surface area (Å²) < 4.78 is 10.8. The zero-order valence-electron chi connectivity index (χ0n) is 22.1. The summed E-state index contributed by atoms with van der Waals surface area (Å²) in [7, 11) is 3.73. The van der Waals surface area contributed by atoms with Crippen LogP contribution in [0, 0.1) is 13.8 Å². The van der Waals surface area contributed by atoms with Crippen molar-refractivity contribution in [3.8, 4) is 11.6 Å². The molecular weight excluding hydrogens is 468 g/mol. The molecule has 3 aromatic rings. The van der Waals surface area contributed by atoms with E-state index in [-0.39, 0.29) is 24.2 Å². The van der Waals surface area contributed by atoms with Crippen LogP contribution in [0.2, 0.25) is 0 Å². The van der Waals surface area contributed by atoms with Gasteiger partial charge in [0.15, 0.2) is 0 Å². The van der Waals surface area contributed by atoms with Crippen molar-refractivity contribution in [3.05, 3.63) is 89.1 Å². The van der Waals surface area contributed by atoms with Gasteiger partial charge in [0.25, 0.3) is 5.91 Å². The molecule has 1 N–H and O–H groups in total. The Bertz CT molecular complexity index is 1160. The van der Waals surface area contributed by atoms with Crippen molar-refractivity contribution in [1.29, 1.82) is 0 Å². The van der Waals surface area contributed by atoms with Crippen LogP contribution in [0.5, 0.6) is 11.6 Å². The number of hydrogen-bond donors (Lipinski definition) is 1. The number of carbonyl (C=O) groups excluding carboxylic acids is 2. The summed E-state index contributed by atoms with van der Waals surface area (Å²) in [5.41, 5.74) is 3.78. The average molecular weight is 505 g/mol. The summed E-state index contributed by atoms with van der Waals surface area (Å²) in [6.45, 7) is 7.74. The first-order valence-electron chi connectivity index (χ1n) is 12.3. The molecule has 1 aromatic heterocycles. The minimum absolute atomic E-state index is 0.0411. The fourth-order valence-corrected chi connectivity index (χ4v) is 3.69. The molecule has 1 aliphatic heterocycles. The van der Waals surface area contributed by atoms with Gasteiger partial charge in [-0.2, -0.15) is 0 Å². The number of aromatic nitrogens is 1. The Morgan fingerprint density at radius 2 is 1.68 bits per heavy atom. The summed E-state index contributed by atoms with van der Waals surface area (Å²) in [5, 5.41) is 2.69. The number of hydrogen-bond acceptors (Lipinski definition) is 6. The lowest BCUT2D eigenvalue weighted by atomic mass is 10.1. The van der Waals surface area contributed by atoms with Gasteiger partial charge in [0.2, 0.25) is 11.8 Å². The first kappa shape index (κ1) is 27.8. The summed E-state index contributed by atoms with van der Waals surface area (Å²) >= 11 is 0. The predicted molar refractivity (Wildman–Crippen MR) is 144 cm³/mol. The number of carbonyl (C=O) groups is 2. The van der Waals surface area contributed by atoms with Crippen LogP contribution in [0.25, 0.3) is 0 Å². The zero-order valence-corrected chi connectivity index (χ0v) is 22.1. The third-order valence-corrected chi connectivity index (χ3v) is 6.12. The highest BCUT2D eigenvalue weighted by molar-refractivity contribution is 5.98. The van der Waals surface area contributed by atoms with E-state index in [1.54, 1.807) is 30.3 Å². The summed E-state index contributed by atoms with van der Waals surface area (Å²) in [6.07, 6.45) is 1.57. The fourth-order valence-electron chi connectivity index (χ4n) is 3.69. The first-order valence-corrected chi connectivity index (χ1v) is 12.3. The van der Waals surface area contributed by atoms with Crippen molar-refractivity contribution in [3.63, 3.8) is 0 Å². The Morgan fingerprint density at radius 3 is 2.35 bits per heavy atom. The maximum atomic E-state index is 12.6. The molecule has 8 nitrogen and oxygen atoms in total. The molecule has 2 amide bonds. The molecule has 0 saturated carbocycles. The van der Waals surface area contributed by atoms with Gasteiger partial charge in [-0.05, 0) is 61.9 Å². The Morgan fingerprint density at radius 1 is 0.946 bits per heavy atom. The van der Waals surface area contributed by atoms with E-state index in [0.717, 1.165) is 24.2 Å². The lowest BCUT2D eigenvalue weighted by Gasteiger charge is -2.32. The molecular formula is C29H36N4O4. The zero-order chi connectivity index (χ0) is 26.6. The SMILES string of the molecule is COCc1ccccc1.Cc1ccc(Oc2ncccc2C(=O)NCC(=O)N2CCN(C)CC2)cc1C. The Hall–Kier alpha value is -3.75. The van der Waals surface area contributed by atoms with E-state index in [2.05, 4.69) is 15.2 Å². The number of likely N-dealkylation sites (N-methyl/N-ethyl adjacent to an activating group) is 1. The molecule has 1 aliphatic rings. The normalized spacial score (nSPS) is 13.4. The lowest BCUT2D eigenvalue weighted by Crippen LogP contribution is -2.50. The maximum Gasteiger partial charge on any atom is 0.257 e. The summed E-state index contributed by atoms with van der Waals surface area (Å²) in [6, 6.07) is 19.1. The topological polar surface area (TPSA) is 84.0 Å². The third-order valence-electron chi connectivity index (χ3n) is 6.12. The number of amides is 2. The van der Waals surface area contributed by atoms with Crippen LogP contribution in [0.15, 0.2) is 66.9 Å². The number of methoxy groups -OCH3 is 1. The number of aryl methyl sites for hydroxylation is 2. The Balaban J connectivity index is 0.000000356. The standard InChI is InChI=1S/C21H26N4O3.C8H10O/c1-15-6-7-17(13-16(15)2)28-21-18(5-4-8-22-21)20(27)23-14-19(26)25-11-9-24(3)10-12-25;1-9-7-8-5-3-2-4-6-8/h4-8,13H,9-12,14H2,1-3H3,(H,23,27);2-6H,7H2,1H3. The molecule has 0 aliphatic carbocycles. The van der Waals surface area contributed by atoms with Gasteiger partial charge in [0, 0.05) is 39.5 Å². The van der Waals surface area contributed by atoms with Gasteiger partial charge in [-0.1, -0.05) is 36.4 Å².